The quantitative estimate of drug-likeness (QED) is 0.803. The molecule has 0 atom stereocenters. The van der Waals surface area contributed by atoms with E-state index in [0.29, 0.717) is 25.3 Å². The summed E-state index contributed by atoms with van der Waals surface area (Å²) in [7, 11) is 1.62. The summed E-state index contributed by atoms with van der Waals surface area (Å²) in [5, 5.41) is 2.74. The maximum Gasteiger partial charge on any atom is 0.240 e. The van der Waals surface area contributed by atoms with Crippen LogP contribution in [0, 0.1) is 0 Å². The number of amides is 2. The van der Waals surface area contributed by atoms with E-state index in [1.165, 1.54) is 11.8 Å². The van der Waals surface area contributed by atoms with Gasteiger partial charge in [0, 0.05) is 13.5 Å². The highest BCUT2D eigenvalue weighted by molar-refractivity contribution is 5.83. The molecule has 0 radical (unpaired) electrons. The molecule has 0 aliphatic heterocycles. The van der Waals surface area contributed by atoms with Crippen LogP contribution in [0.15, 0.2) is 47.1 Å². The maximum atomic E-state index is 12.0. The minimum atomic E-state index is -0.212. The van der Waals surface area contributed by atoms with E-state index in [4.69, 9.17) is 9.15 Å². The van der Waals surface area contributed by atoms with Crippen molar-refractivity contribution >= 4 is 11.8 Å². The highest BCUT2D eigenvalue weighted by Crippen LogP contribution is 2.12. The molecule has 2 aromatic rings. The number of carbonyl (C=O) groups is 2. The van der Waals surface area contributed by atoms with Gasteiger partial charge >= 0.3 is 0 Å². The van der Waals surface area contributed by atoms with Gasteiger partial charge < -0.3 is 19.4 Å². The average molecular weight is 330 g/mol. The van der Waals surface area contributed by atoms with E-state index < -0.39 is 0 Å². The summed E-state index contributed by atoms with van der Waals surface area (Å²) in [5.74, 6) is 1.13. The Kier molecular flexibility index (Phi) is 6.42. The van der Waals surface area contributed by atoms with E-state index in [0.717, 1.165) is 11.3 Å². The van der Waals surface area contributed by atoms with Gasteiger partial charge in [-0.3, -0.25) is 9.59 Å². The molecular weight excluding hydrogens is 308 g/mol. The van der Waals surface area contributed by atoms with Crippen molar-refractivity contribution in [2.45, 2.75) is 19.9 Å². The molecule has 0 aliphatic carbocycles. The minimum absolute atomic E-state index is 0.0339. The zero-order valence-corrected chi connectivity index (χ0v) is 14.0. The number of nitrogens with one attached hydrogen (secondary N) is 1. The molecule has 6 nitrogen and oxygen atoms in total. The second-order valence-electron chi connectivity index (χ2n) is 5.39. The zero-order chi connectivity index (χ0) is 17.4. The van der Waals surface area contributed by atoms with Gasteiger partial charge in [0.25, 0.3) is 0 Å². The standard InChI is InChI=1S/C18H22N2O4/c1-14(21)20(10-9-15-5-7-16(23-2)8-6-15)13-18(22)19-12-17-4-3-11-24-17/h3-8,11H,9-10,12-13H2,1-2H3,(H,19,22). The third kappa shape index (κ3) is 5.46. The normalized spacial score (nSPS) is 10.2. The lowest BCUT2D eigenvalue weighted by atomic mass is 10.1. The first-order valence-corrected chi connectivity index (χ1v) is 7.76. The molecule has 0 saturated heterocycles. The second kappa shape index (κ2) is 8.76. The molecule has 1 heterocycles. The van der Waals surface area contributed by atoms with E-state index >= 15 is 0 Å². The molecule has 2 rings (SSSR count). The topological polar surface area (TPSA) is 71.8 Å². The molecule has 0 unspecified atom stereocenters. The molecule has 128 valence electrons. The van der Waals surface area contributed by atoms with Crippen molar-refractivity contribution in [1.29, 1.82) is 0 Å². The molecule has 1 aromatic carbocycles. The van der Waals surface area contributed by atoms with E-state index in [9.17, 15) is 9.59 Å². The Bertz CT molecular complexity index is 650. The molecule has 0 bridgehead atoms. The Balaban J connectivity index is 1.82. The predicted octanol–water partition coefficient (Wildman–Crippen LogP) is 2.00. The largest absolute Gasteiger partial charge is 0.497 e. The van der Waals surface area contributed by atoms with Crippen LogP contribution in [-0.2, 0) is 22.6 Å². The number of benzene rings is 1. The summed E-state index contributed by atoms with van der Waals surface area (Å²) in [4.78, 5) is 25.3. The second-order valence-corrected chi connectivity index (χ2v) is 5.39. The van der Waals surface area contributed by atoms with Gasteiger partial charge in [-0.1, -0.05) is 12.1 Å². The zero-order valence-electron chi connectivity index (χ0n) is 14.0. The summed E-state index contributed by atoms with van der Waals surface area (Å²) in [5.41, 5.74) is 1.08. The Morgan fingerprint density at radius 2 is 1.96 bits per heavy atom. The lowest BCUT2D eigenvalue weighted by Gasteiger charge is -2.20. The van der Waals surface area contributed by atoms with Crippen LogP contribution >= 0.6 is 0 Å². The van der Waals surface area contributed by atoms with E-state index in [1.54, 1.807) is 25.5 Å². The number of ether oxygens (including phenoxy) is 1. The van der Waals surface area contributed by atoms with Crippen molar-refractivity contribution in [3.8, 4) is 5.75 Å². The fourth-order valence-electron chi connectivity index (χ4n) is 2.23. The average Bonchev–Trinajstić information content (AvgIpc) is 3.10. The van der Waals surface area contributed by atoms with Crippen molar-refractivity contribution in [3.05, 3.63) is 54.0 Å². The number of hydrogen-bond acceptors (Lipinski definition) is 4. The fourth-order valence-corrected chi connectivity index (χ4v) is 2.23. The molecule has 6 heteroatoms. The first-order chi connectivity index (χ1) is 11.6. The van der Waals surface area contributed by atoms with Crippen LogP contribution in [0.25, 0.3) is 0 Å². The molecule has 0 saturated carbocycles. The summed E-state index contributed by atoms with van der Waals surface area (Å²) < 4.78 is 10.3. The van der Waals surface area contributed by atoms with Crippen LogP contribution in [-0.4, -0.2) is 36.9 Å². The lowest BCUT2D eigenvalue weighted by Crippen LogP contribution is -2.40. The van der Waals surface area contributed by atoms with Gasteiger partial charge in [0.2, 0.25) is 11.8 Å². The van der Waals surface area contributed by atoms with Gasteiger partial charge in [0.15, 0.2) is 0 Å². The van der Waals surface area contributed by atoms with Crippen LogP contribution < -0.4 is 10.1 Å². The third-order valence-corrected chi connectivity index (χ3v) is 3.65. The molecule has 0 fully saturated rings. The monoisotopic (exact) mass is 330 g/mol. The summed E-state index contributed by atoms with van der Waals surface area (Å²) in [6.45, 7) is 2.30. The molecule has 0 spiro atoms. The van der Waals surface area contributed by atoms with Gasteiger partial charge in [-0.15, -0.1) is 0 Å². The third-order valence-electron chi connectivity index (χ3n) is 3.65. The summed E-state index contributed by atoms with van der Waals surface area (Å²) in [6.07, 6.45) is 2.23. The number of carbonyl (C=O) groups excluding carboxylic acids is 2. The Hall–Kier alpha value is -2.76. The summed E-state index contributed by atoms with van der Waals surface area (Å²) in [6, 6.07) is 11.2. The predicted molar refractivity (Wildman–Crippen MR) is 89.5 cm³/mol. The highest BCUT2D eigenvalue weighted by atomic mass is 16.5. The first kappa shape index (κ1) is 17.6. The van der Waals surface area contributed by atoms with Gasteiger partial charge in [-0.2, -0.15) is 0 Å². The van der Waals surface area contributed by atoms with Crippen LogP contribution in [0.4, 0.5) is 0 Å². The molecule has 1 aromatic heterocycles. The lowest BCUT2D eigenvalue weighted by molar-refractivity contribution is -0.134. The Morgan fingerprint density at radius 1 is 1.21 bits per heavy atom. The highest BCUT2D eigenvalue weighted by Gasteiger charge is 2.13. The van der Waals surface area contributed by atoms with Gasteiger partial charge in [0.1, 0.15) is 11.5 Å². The molecular formula is C18H22N2O4. The van der Waals surface area contributed by atoms with Crippen molar-refractivity contribution in [3.63, 3.8) is 0 Å². The molecule has 2 amide bonds. The number of furan rings is 1. The Morgan fingerprint density at radius 3 is 2.54 bits per heavy atom. The minimum Gasteiger partial charge on any atom is -0.497 e. The number of rotatable bonds is 8. The SMILES string of the molecule is COc1ccc(CCN(CC(=O)NCc2ccco2)C(C)=O)cc1. The van der Waals surface area contributed by atoms with Crippen molar-refractivity contribution in [2.24, 2.45) is 0 Å². The maximum absolute atomic E-state index is 12.0. The summed E-state index contributed by atoms with van der Waals surface area (Å²) >= 11 is 0. The smallest absolute Gasteiger partial charge is 0.240 e. The molecule has 24 heavy (non-hydrogen) atoms. The van der Waals surface area contributed by atoms with Crippen LogP contribution in [0.5, 0.6) is 5.75 Å². The van der Waals surface area contributed by atoms with Crippen LogP contribution in [0.3, 0.4) is 0 Å². The van der Waals surface area contributed by atoms with E-state index in [2.05, 4.69) is 5.32 Å². The van der Waals surface area contributed by atoms with Gasteiger partial charge in [-0.05, 0) is 36.2 Å². The van der Waals surface area contributed by atoms with Gasteiger partial charge in [0.05, 0.1) is 26.5 Å². The van der Waals surface area contributed by atoms with Crippen molar-refractivity contribution in [1.82, 2.24) is 10.2 Å². The first-order valence-electron chi connectivity index (χ1n) is 7.76. The molecule has 1 N–H and O–H groups in total. The fraction of sp³-hybridized carbons (Fsp3) is 0.333. The van der Waals surface area contributed by atoms with Crippen LogP contribution in [0.1, 0.15) is 18.2 Å². The molecule has 0 aliphatic rings. The number of hydrogen-bond donors (Lipinski definition) is 1. The number of methoxy groups -OCH3 is 1. The van der Waals surface area contributed by atoms with Crippen molar-refractivity contribution < 1.29 is 18.7 Å². The van der Waals surface area contributed by atoms with Crippen molar-refractivity contribution in [2.75, 3.05) is 20.2 Å². The van der Waals surface area contributed by atoms with E-state index in [-0.39, 0.29) is 18.4 Å². The van der Waals surface area contributed by atoms with Gasteiger partial charge in [-0.25, -0.2) is 0 Å². The van der Waals surface area contributed by atoms with Crippen LogP contribution in [0.2, 0.25) is 0 Å². The number of nitrogens with zero attached hydrogens (tertiary/aromatic N) is 1. The Labute approximate surface area is 141 Å². The van der Waals surface area contributed by atoms with E-state index in [1.807, 2.05) is 24.3 Å².